The zero-order valence-corrected chi connectivity index (χ0v) is 11.6. The largest absolute Gasteiger partial charge is 0.396 e. The van der Waals surface area contributed by atoms with Crippen LogP contribution in [0.1, 0.15) is 25.5 Å². The first kappa shape index (κ1) is 14.4. The van der Waals surface area contributed by atoms with Crippen LogP contribution in [0.5, 0.6) is 0 Å². The number of para-hydroxylation sites is 1. The van der Waals surface area contributed by atoms with E-state index in [1.807, 2.05) is 37.3 Å². The molecule has 0 radical (unpaired) electrons. The Balaban J connectivity index is 1.81. The molecule has 4 N–H and O–H groups in total. The molecule has 0 saturated heterocycles. The zero-order valence-electron chi connectivity index (χ0n) is 11.6. The lowest BCUT2D eigenvalue weighted by atomic mass is 10.2. The maximum atomic E-state index is 11.7. The summed E-state index contributed by atoms with van der Waals surface area (Å²) in [6, 6.07) is 9.92. The highest BCUT2D eigenvalue weighted by Crippen LogP contribution is 2.14. The Morgan fingerprint density at radius 1 is 1.40 bits per heavy atom. The van der Waals surface area contributed by atoms with Crippen molar-refractivity contribution in [2.24, 2.45) is 0 Å². The summed E-state index contributed by atoms with van der Waals surface area (Å²) in [5, 5.41) is 15.5. The van der Waals surface area contributed by atoms with Gasteiger partial charge in [-0.25, -0.2) is 4.79 Å². The molecule has 1 atom stereocenters. The van der Waals surface area contributed by atoms with Crippen molar-refractivity contribution >= 4 is 16.9 Å². The number of urea groups is 1. The number of carbonyl (C=O) groups excluding carboxylic acids is 1. The van der Waals surface area contributed by atoms with Gasteiger partial charge in [0.2, 0.25) is 0 Å². The number of benzene rings is 1. The van der Waals surface area contributed by atoms with Gasteiger partial charge in [0.05, 0.1) is 6.54 Å². The van der Waals surface area contributed by atoms with E-state index in [1.165, 1.54) is 0 Å². The molecule has 1 aromatic heterocycles. The van der Waals surface area contributed by atoms with Crippen molar-refractivity contribution in [3.63, 3.8) is 0 Å². The van der Waals surface area contributed by atoms with Crippen molar-refractivity contribution in [3.8, 4) is 0 Å². The van der Waals surface area contributed by atoms with Gasteiger partial charge in [-0.3, -0.25) is 0 Å². The molecule has 5 nitrogen and oxygen atoms in total. The van der Waals surface area contributed by atoms with Crippen molar-refractivity contribution in [1.82, 2.24) is 15.6 Å². The highest BCUT2D eigenvalue weighted by Gasteiger charge is 2.07. The third-order valence-electron chi connectivity index (χ3n) is 3.20. The van der Waals surface area contributed by atoms with Gasteiger partial charge in [0.15, 0.2) is 0 Å². The van der Waals surface area contributed by atoms with Crippen LogP contribution < -0.4 is 10.6 Å². The summed E-state index contributed by atoms with van der Waals surface area (Å²) in [5.41, 5.74) is 2.05. The Bertz CT molecular complexity index is 532. The average Bonchev–Trinajstić information content (AvgIpc) is 2.85. The highest BCUT2D eigenvalue weighted by molar-refractivity contribution is 5.80. The van der Waals surface area contributed by atoms with Crippen LogP contribution in [-0.4, -0.2) is 28.8 Å². The van der Waals surface area contributed by atoms with Gasteiger partial charge in [-0.15, -0.1) is 0 Å². The van der Waals surface area contributed by atoms with Crippen LogP contribution in [0.3, 0.4) is 0 Å². The van der Waals surface area contributed by atoms with Crippen molar-refractivity contribution < 1.29 is 9.90 Å². The smallest absolute Gasteiger partial charge is 0.315 e. The molecular formula is C15H21N3O2. The number of aliphatic hydroxyl groups excluding tert-OH is 1. The predicted octanol–water partition coefficient (Wildman–Crippen LogP) is 2.13. The molecule has 0 aliphatic rings. The van der Waals surface area contributed by atoms with Crippen LogP contribution in [0.2, 0.25) is 0 Å². The summed E-state index contributed by atoms with van der Waals surface area (Å²) in [7, 11) is 0. The topological polar surface area (TPSA) is 77.2 Å². The van der Waals surface area contributed by atoms with Crippen LogP contribution in [0.4, 0.5) is 4.79 Å². The lowest BCUT2D eigenvalue weighted by Gasteiger charge is -2.13. The summed E-state index contributed by atoms with van der Waals surface area (Å²) in [6.07, 6.45) is 1.47. The average molecular weight is 275 g/mol. The quantitative estimate of drug-likeness (QED) is 0.652. The van der Waals surface area contributed by atoms with Crippen LogP contribution in [0.15, 0.2) is 30.3 Å². The number of aromatic amines is 1. The molecule has 1 heterocycles. The van der Waals surface area contributed by atoms with Crippen LogP contribution in [0, 0.1) is 0 Å². The number of nitrogens with one attached hydrogen (secondary N) is 3. The zero-order chi connectivity index (χ0) is 14.4. The first-order valence-electron chi connectivity index (χ1n) is 6.91. The molecule has 2 aromatic rings. The monoisotopic (exact) mass is 275 g/mol. The third kappa shape index (κ3) is 3.99. The van der Waals surface area contributed by atoms with E-state index in [0.717, 1.165) is 23.0 Å². The third-order valence-corrected chi connectivity index (χ3v) is 3.20. The van der Waals surface area contributed by atoms with Gasteiger partial charge in [-0.1, -0.05) is 18.2 Å². The van der Waals surface area contributed by atoms with E-state index in [-0.39, 0.29) is 18.7 Å². The van der Waals surface area contributed by atoms with E-state index < -0.39 is 0 Å². The van der Waals surface area contributed by atoms with Gasteiger partial charge in [-0.2, -0.15) is 0 Å². The lowest BCUT2D eigenvalue weighted by molar-refractivity contribution is 0.234. The Morgan fingerprint density at radius 3 is 2.95 bits per heavy atom. The summed E-state index contributed by atoms with van der Waals surface area (Å²) >= 11 is 0. The minimum Gasteiger partial charge on any atom is -0.396 e. The van der Waals surface area contributed by atoms with Crippen LogP contribution in [-0.2, 0) is 6.54 Å². The van der Waals surface area contributed by atoms with Gasteiger partial charge >= 0.3 is 6.03 Å². The second-order valence-electron chi connectivity index (χ2n) is 4.98. The predicted molar refractivity (Wildman–Crippen MR) is 79.5 cm³/mol. The second kappa shape index (κ2) is 6.96. The summed E-state index contributed by atoms with van der Waals surface area (Å²) in [6.45, 7) is 2.55. The normalized spacial score (nSPS) is 12.3. The van der Waals surface area contributed by atoms with Crippen molar-refractivity contribution in [1.29, 1.82) is 0 Å². The number of hydrogen-bond donors (Lipinski definition) is 4. The van der Waals surface area contributed by atoms with Crippen LogP contribution >= 0.6 is 0 Å². The Labute approximate surface area is 118 Å². The van der Waals surface area contributed by atoms with Crippen molar-refractivity contribution in [2.75, 3.05) is 6.61 Å². The molecule has 0 bridgehead atoms. The summed E-state index contributed by atoms with van der Waals surface area (Å²) in [4.78, 5) is 15.0. The fourth-order valence-electron chi connectivity index (χ4n) is 2.15. The second-order valence-corrected chi connectivity index (χ2v) is 4.98. The number of rotatable bonds is 6. The molecule has 108 valence electrons. The maximum Gasteiger partial charge on any atom is 0.315 e. The Morgan fingerprint density at radius 2 is 2.20 bits per heavy atom. The van der Waals surface area contributed by atoms with Crippen molar-refractivity contribution in [3.05, 3.63) is 36.0 Å². The molecule has 20 heavy (non-hydrogen) atoms. The molecule has 0 aliphatic heterocycles. The number of carbonyl (C=O) groups is 1. The molecular weight excluding hydrogens is 254 g/mol. The first-order valence-corrected chi connectivity index (χ1v) is 6.91. The van der Waals surface area contributed by atoms with Crippen molar-refractivity contribution in [2.45, 2.75) is 32.4 Å². The van der Waals surface area contributed by atoms with E-state index in [4.69, 9.17) is 5.11 Å². The van der Waals surface area contributed by atoms with Gasteiger partial charge in [-0.05, 0) is 37.3 Å². The number of fused-ring (bicyclic) bond motifs is 1. The SMILES string of the molecule is CC(CCCO)NC(=O)NCc1cc2ccccc2[nH]1. The first-order chi connectivity index (χ1) is 9.69. The molecule has 2 rings (SSSR count). The maximum absolute atomic E-state index is 11.7. The number of hydrogen-bond acceptors (Lipinski definition) is 2. The van der Waals surface area contributed by atoms with Gasteiger partial charge in [0, 0.05) is 23.9 Å². The molecule has 0 fully saturated rings. The van der Waals surface area contributed by atoms with E-state index in [1.54, 1.807) is 0 Å². The minimum absolute atomic E-state index is 0.0601. The van der Waals surface area contributed by atoms with Crippen LogP contribution in [0.25, 0.3) is 10.9 Å². The summed E-state index contributed by atoms with van der Waals surface area (Å²) in [5.74, 6) is 0. The minimum atomic E-state index is -0.186. The summed E-state index contributed by atoms with van der Waals surface area (Å²) < 4.78 is 0. The van der Waals surface area contributed by atoms with E-state index in [0.29, 0.717) is 13.0 Å². The van der Waals surface area contributed by atoms with E-state index >= 15 is 0 Å². The number of aliphatic hydroxyl groups is 1. The standard InChI is InChI=1S/C15H21N3O2/c1-11(5-4-8-19)17-15(20)16-10-13-9-12-6-2-3-7-14(12)18-13/h2-3,6-7,9,11,18-19H,4-5,8,10H2,1H3,(H2,16,17,20). The molecule has 5 heteroatoms. The molecule has 1 unspecified atom stereocenters. The van der Waals surface area contributed by atoms with Gasteiger partial charge in [0.1, 0.15) is 0 Å². The Hall–Kier alpha value is -2.01. The fraction of sp³-hybridized carbons (Fsp3) is 0.400. The van der Waals surface area contributed by atoms with E-state index in [9.17, 15) is 4.79 Å². The molecule has 0 saturated carbocycles. The lowest BCUT2D eigenvalue weighted by Crippen LogP contribution is -2.40. The van der Waals surface area contributed by atoms with E-state index in [2.05, 4.69) is 15.6 Å². The van der Waals surface area contributed by atoms with Gasteiger partial charge < -0.3 is 20.7 Å². The number of aromatic nitrogens is 1. The molecule has 1 aromatic carbocycles. The highest BCUT2D eigenvalue weighted by atomic mass is 16.3. The molecule has 0 aliphatic carbocycles. The number of amides is 2. The molecule has 0 spiro atoms. The molecule has 2 amide bonds. The number of H-pyrrole nitrogens is 1. The van der Waals surface area contributed by atoms with Gasteiger partial charge in [0.25, 0.3) is 0 Å². The fourth-order valence-corrected chi connectivity index (χ4v) is 2.15. The Kier molecular flexibility index (Phi) is 5.01.